The fourth-order valence-corrected chi connectivity index (χ4v) is 2.90. The van der Waals surface area contributed by atoms with Crippen molar-refractivity contribution in [2.75, 3.05) is 0 Å². The number of nitrogens with zero attached hydrogens (tertiary/aromatic N) is 2. The van der Waals surface area contributed by atoms with Gasteiger partial charge < -0.3 is 5.32 Å². The van der Waals surface area contributed by atoms with E-state index in [2.05, 4.69) is 54.7 Å². The van der Waals surface area contributed by atoms with Crippen LogP contribution in [0.4, 0.5) is 0 Å². The summed E-state index contributed by atoms with van der Waals surface area (Å²) in [6.07, 6.45) is 6.50. The van der Waals surface area contributed by atoms with Gasteiger partial charge in [-0.3, -0.25) is 4.68 Å². The van der Waals surface area contributed by atoms with E-state index in [0.29, 0.717) is 12.1 Å². The predicted molar refractivity (Wildman–Crippen MR) is 77.0 cm³/mol. The average Bonchev–Trinajstić information content (AvgIpc) is 3.06. The summed E-state index contributed by atoms with van der Waals surface area (Å²) in [7, 11) is 0. The highest BCUT2D eigenvalue weighted by Crippen LogP contribution is 2.32. The Balaban J connectivity index is 1.72. The van der Waals surface area contributed by atoms with E-state index in [1.54, 1.807) is 0 Å². The molecule has 0 amide bonds. The summed E-state index contributed by atoms with van der Waals surface area (Å²) in [4.78, 5) is 0. The number of rotatable bonds is 4. The fraction of sp³-hybridized carbons (Fsp3) is 0.438. The van der Waals surface area contributed by atoms with Crippen LogP contribution in [0.15, 0.2) is 36.7 Å². The van der Waals surface area contributed by atoms with Gasteiger partial charge in [0.2, 0.25) is 0 Å². The van der Waals surface area contributed by atoms with E-state index in [1.165, 1.54) is 29.5 Å². The second-order valence-corrected chi connectivity index (χ2v) is 5.31. The lowest BCUT2D eigenvalue weighted by Gasteiger charge is -2.19. The van der Waals surface area contributed by atoms with Crippen LogP contribution in [0, 0.1) is 0 Å². The molecule has 3 heteroatoms. The molecule has 0 radical (unpaired) electrons. The summed E-state index contributed by atoms with van der Waals surface area (Å²) in [5, 5.41) is 8.09. The minimum absolute atomic E-state index is 0.344. The van der Waals surface area contributed by atoms with E-state index < -0.39 is 0 Å². The number of aromatic nitrogens is 2. The number of fused-ring (bicyclic) bond motifs is 1. The van der Waals surface area contributed by atoms with Crippen LogP contribution in [0.2, 0.25) is 0 Å². The van der Waals surface area contributed by atoms with Gasteiger partial charge in [0, 0.05) is 30.4 Å². The first kappa shape index (κ1) is 12.4. The van der Waals surface area contributed by atoms with Gasteiger partial charge >= 0.3 is 0 Å². The lowest BCUT2D eigenvalue weighted by Crippen LogP contribution is -2.22. The molecule has 1 aliphatic rings. The number of hydrogen-bond donors (Lipinski definition) is 1. The normalized spacial score (nSPS) is 19.4. The molecular formula is C16H21N3. The van der Waals surface area contributed by atoms with Gasteiger partial charge in [-0.1, -0.05) is 24.3 Å². The molecule has 1 heterocycles. The van der Waals surface area contributed by atoms with Gasteiger partial charge in [-0.2, -0.15) is 5.10 Å². The zero-order valence-electron chi connectivity index (χ0n) is 11.6. The Morgan fingerprint density at radius 2 is 2.26 bits per heavy atom. The van der Waals surface area contributed by atoms with E-state index in [9.17, 15) is 0 Å². The number of aryl methyl sites for hydroxylation is 2. The van der Waals surface area contributed by atoms with Crippen molar-refractivity contribution >= 4 is 0 Å². The molecule has 0 aliphatic heterocycles. The molecule has 2 unspecified atom stereocenters. The van der Waals surface area contributed by atoms with Crippen molar-refractivity contribution in [1.82, 2.24) is 15.1 Å². The zero-order valence-corrected chi connectivity index (χ0v) is 11.6. The van der Waals surface area contributed by atoms with Crippen LogP contribution in [0.1, 0.15) is 49.0 Å². The molecule has 0 saturated carbocycles. The molecule has 100 valence electrons. The van der Waals surface area contributed by atoms with Crippen LogP contribution in [-0.4, -0.2) is 9.78 Å². The van der Waals surface area contributed by atoms with Crippen molar-refractivity contribution in [2.45, 2.75) is 45.3 Å². The predicted octanol–water partition coefficient (Wildman–Crippen LogP) is 3.24. The summed E-state index contributed by atoms with van der Waals surface area (Å²) in [6.45, 7) is 5.26. The van der Waals surface area contributed by atoms with Crippen molar-refractivity contribution < 1.29 is 0 Å². The van der Waals surface area contributed by atoms with E-state index >= 15 is 0 Å². The van der Waals surface area contributed by atoms with Crippen molar-refractivity contribution in [2.24, 2.45) is 0 Å². The van der Waals surface area contributed by atoms with Gasteiger partial charge in [-0.25, -0.2) is 0 Å². The largest absolute Gasteiger partial charge is 0.303 e. The van der Waals surface area contributed by atoms with Gasteiger partial charge in [0.15, 0.2) is 0 Å². The Morgan fingerprint density at radius 3 is 3.05 bits per heavy atom. The maximum Gasteiger partial charge on any atom is 0.0537 e. The lowest BCUT2D eigenvalue weighted by molar-refractivity contribution is 0.464. The van der Waals surface area contributed by atoms with Crippen LogP contribution < -0.4 is 5.32 Å². The number of nitrogens with one attached hydrogen (secondary N) is 1. The zero-order chi connectivity index (χ0) is 13.2. The Labute approximate surface area is 114 Å². The molecule has 3 nitrogen and oxygen atoms in total. The third-order valence-corrected chi connectivity index (χ3v) is 4.06. The molecule has 1 aromatic heterocycles. The second kappa shape index (κ2) is 5.17. The summed E-state index contributed by atoms with van der Waals surface area (Å²) in [5.41, 5.74) is 4.24. The van der Waals surface area contributed by atoms with Gasteiger partial charge in [-0.15, -0.1) is 0 Å². The summed E-state index contributed by atoms with van der Waals surface area (Å²) < 4.78 is 1.98. The molecule has 1 N–H and O–H groups in total. The Morgan fingerprint density at radius 1 is 1.42 bits per heavy atom. The molecule has 2 aromatic rings. The van der Waals surface area contributed by atoms with Crippen LogP contribution in [-0.2, 0) is 13.0 Å². The highest BCUT2D eigenvalue weighted by atomic mass is 15.3. The number of hydrogen-bond acceptors (Lipinski definition) is 2. The molecule has 0 bridgehead atoms. The molecule has 1 aromatic carbocycles. The number of benzene rings is 1. The molecular weight excluding hydrogens is 234 g/mol. The van der Waals surface area contributed by atoms with E-state index in [1.807, 2.05) is 10.9 Å². The van der Waals surface area contributed by atoms with Crippen LogP contribution in [0.3, 0.4) is 0 Å². The fourth-order valence-electron chi connectivity index (χ4n) is 2.90. The summed E-state index contributed by atoms with van der Waals surface area (Å²) in [5.74, 6) is 0. The van der Waals surface area contributed by atoms with Gasteiger partial charge in [0.1, 0.15) is 0 Å². The minimum Gasteiger partial charge on any atom is -0.303 e. The Hall–Kier alpha value is -1.61. The third kappa shape index (κ3) is 2.43. The smallest absolute Gasteiger partial charge is 0.0537 e. The molecule has 0 fully saturated rings. The van der Waals surface area contributed by atoms with Crippen LogP contribution in [0.25, 0.3) is 0 Å². The van der Waals surface area contributed by atoms with E-state index in [-0.39, 0.29) is 0 Å². The molecule has 3 rings (SSSR count). The standard InChI is InChI=1S/C16H21N3/c1-3-19-11-14(10-17-19)12(2)18-16-9-8-13-6-4-5-7-15(13)16/h4-7,10-12,16,18H,3,8-9H2,1-2H3. The first-order valence-electron chi connectivity index (χ1n) is 7.14. The van der Waals surface area contributed by atoms with E-state index in [0.717, 1.165) is 6.54 Å². The quantitative estimate of drug-likeness (QED) is 0.909. The first-order valence-corrected chi connectivity index (χ1v) is 7.14. The third-order valence-electron chi connectivity index (χ3n) is 4.06. The molecule has 0 spiro atoms. The van der Waals surface area contributed by atoms with Crippen LogP contribution >= 0.6 is 0 Å². The van der Waals surface area contributed by atoms with Crippen molar-refractivity contribution in [3.8, 4) is 0 Å². The Kier molecular flexibility index (Phi) is 3.38. The molecule has 2 atom stereocenters. The van der Waals surface area contributed by atoms with Crippen molar-refractivity contribution in [3.05, 3.63) is 53.3 Å². The maximum atomic E-state index is 4.35. The van der Waals surface area contributed by atoms with Gasteiger partial charge in [0.05, 0.1) is 6.20 Å². The first-order chi connectivity index (χ1) is 9.28. The van der Waals surface area contributed by atoms with Crippen LogP contribution in [0.5, 0.6) is 0 Å². The van der Waals surface area contributed by atoms with Crippen molar-refractivity contribution in [3.63, 3.8) is 0 Å². The minimum atomic E-state index is 0.344. The SMILES string of the molecule is CCn1cc(C(C)NC2CCc3ccccc32)cn1. The molecule has 19 heavy (non-hydrogen) atoms. The van der Waals surface area contributed by atoms with E-state index in [4.69, 9.17) is 0 Å². The Bertz CT molecular complexity index is 559. The molecule has 0 saturated heterocycles. The highest BCUT2D eigenvalue weighted by molar-refractivity contribution is 5.34. The van der Waals surface area contributed by atoms with Gasteiger partial charge in [0.25, 0.3) is 0 Å². The topological polar surface area (TPSA) is 29.9 Å². The monoisotopic (exact) mass is 255 g/mol. The van der Waals surface area contributed by atoms with Gasteiger partial charge in [-0.05, 0) is 37.8 Å². The maximum absolute atomic E-state index is 4.35. The van der Waals surface area contributed by atoms with Crippen molar-refractivity contribution in [1.29, 1.82) is 0 Å². The average molecular weight is 255 g/mol. The summed E-state index contributed by atoms with van der Waals surface area (Å²) in [6, 6.07) is 9.60. The molecule has 1 aliphatic carbocycles. The highest BCUT2D eigenvalue weighted by Gasteiger charge is 2.23. The second-order valence-electron chi connectivity index (χ2n) is 5.31. The lowest BCUT2D eigenvalue weighted by atomic mass is 10.1. The summed E-state index contributed by atoms with van der Waals surface area (Å²) >= 11 is 0.